The lowest BCUT2D eigenvalue weighted by Gasteiger charge is -2.22. The van der Waals surface area contributed by atoms with Gasteiger partial charge in [-0.15, -0.1) is 0 Å². The Balaban J connectivity index is 1.33. The largest absolute Gasteiger partial charge is 0.489 e. The van der Waals surface area contributed by atoms with Crippen molar-refractivity contribution in [2.75, 3.05) is 0 Å². The summed E-state index contributed by atoms with van der Waals surface area (Å²) in [5, 5.41) is 3.67. The van der Waals surface area contributed by atoms with Crippen molar-refractivity contribution in [2.24, 2.45) is 0 Å². The fourth-order valence-electron chi connectivity index (χ4n) is 4.99. The summed E-state index contributed by atoms with van der Waals surface area (Å²) in [6, 6.07) is 25.8. The van der Waals surface area contributed by atoms with Crippen molar-refractivity contribution in [3.63, 3.8) is 0 Å². The van der Waals surface area contributed by atoms with E-state index in [1.807, 2.05) is 54.6 Å². The smallest absolute Gasteiger partial charge is 0.251 e. The number of ether oxygens (including phenoxy) is 1. The number of halogens is 1. The Morgan fingerprint density at radius 2 is 1.73 bits per heavy atom. The van der Waals surface area contributed by atoms with Crippen LogP contribution >= 0.6 is 11.6 Å². The molecule has 1 aliphatic carbocycles. The second-order valence-corrected chi connectivity index (χ2v) is 10.1. The molecule has 1 N–H and O–H groups in total. The molecule has 0 unspecified atom stereocenters. The van der Waals surface area contributed by atoms with Gasteiger partial charge >= 0.3 is 0 Å². The van der Waals surface area contributed by atoms with Gasteiger partial charge in [-0.1, -0.05) is 67.3 Å². The molecular weight excluding hydrogens is 480 g/mol. The molecule has 4 aromatic rings. The third kappa shape index (κ3) is 6.58. The molecule has 1 fully saturated rings. The van der Waals surface area contributed by atoms with Gasteiger partial charge in [-0.3, -0.25) is 9.78 Å². The van der Waals surface area contributed by atoms with Crippen LogP contribution in [0.1, 0.15) is 65.1 Å². The van der Waals surface area contributed by atoms with Crippen LogP contribution in [0.4, 0.5) is 0 Å². The van der Waals surface area contributed by atoms with Crippen molar-refractivity contribution < 1.29 is 9.53 Å². The summed E-state index contributed by atoms with van der Waals surface area (Å²) >= 11 is 6.12. The zero-order chi connectivity index (χ0) is 25.5. The molecule has 0 saturated heterocycles. The number of nitrogens with one attached hydrogen (secondary N) is 1. The zero-order valence-corrected chi connectivity index (χ0v) is 21.6. The van der Waals surface area contributed by atoms with E-state index in [1.54, 1.807) is 12.4 Å². The molecule has 0 spiro atoms. The molecule has 37 heavy (non-hydrogen) atoms. The molecule has 0 radical (unpaired) electrons. The van der Waals surface area contributed by atoms with Crippen molar-refractivity contribution in [2.45, 2.75) is 51.2 Å². The quantitative estimate of drug-likeness (QED) is 0.261. The predicted molar refractivity (Wildman–Crippen MR) is 149 cm³/mol. The Hall–Kier alpha value is -3.63. The molecular formula is C32H31ClN2O2. The van der Waals surface area contributed by atoms with Crippen LogP contribution in [0.2, 0.25) is 5.02 Å². The SMILES string of the molecule is O=C(NCc1cccnc1)c1ccc(-c2ccc(Cl)cc2)c(COc2ccc(C3CCCCC3)cc2)c1. The fourth-order valence-corrected chi connectivity index (χ4v) is 5.11. The molecule has 188 valence electrons. The van der Waals surface area contributed by atoms with Crippen LogP contribution in [-0.4, -0.2) is 10.9 Å². The monoisotopic (exact) mass is 510 g/mol. The summed E-state index contributed by atoms with van der Waals surface area (Å²) in [4.78, 5) is 17.0. The van der Waals surface area contributed by atoms with Crippen LogP contribution in [0.25, 0.3) is 11.1 Å². The second-order valence-electron chi connectivity index (χ2n) is 9.62. The Morgan fingerprint density at radius 3 is 2.46 bits per heavy atom. The van der Waals surface area contributed by atoms with Gasteiger partial charge in [0.15, 0.2) is 0 Å². The van der Waals surface area contributed by atoms with Crippen molar-refractivity contribution in [1.29, 1.82) is 0 Å². The van der Waals surface area contributed by atoms with Gasteiger partial charge in [0.1, 0.15) is 12.4 Å². The van der Waals surface area contributed by atoms with Crippen LogP contribution in [0.15, 0.2) is 91.3 Å². The Bertz CT molecular complexity index is 1320. The second kappa shape index (κ2) is 12.1. The average Bonchev–Trinajstić information content (AvgIpc) is 2.96. The third-order valence-electron chi connectivity index (χ3n) is 7.05. The van der Waals surface area contributed by atoms with E-state index in [4.69, 9.17) is 16.3 Å². The van der Waals surface area contributed by atoms with Crippen LogP contribution in [0, 0.1) is 0 Å². The summed E-state index contributed by atoms with van der Waals surface area (Å²) in [5.41, 5.74) is 5.92. The molecule has 1 amide bonds. The molecule has 0 atom stereocenters. The normalized spacial score (nSPS) is 13.8. The van der Waals surface area contributed by atoms with Gasteiger partial charge in [-0.05, 0) is 89.0 Å². The molecule has 1 saturated carbocycles. The number of hydrogen-bond donors (Lipinski definition) is 1. The number of pyridine rings is 1. The average molecular weight is 511 g/mol. The Morgan fingerprint density at radius 1 is 0.946 bits per heavy atom. The minimum Gasteiger partial charge on any atom is -0.489 e. The first-order chi connectivity index (χ1) is 18.2. The van der Waals surface area contributed by atoms with Crippen LogP contribution in [0.5, 0.6) is 5.75 Å². The first-order valence-corrected chi connectivity index (χ1v) is 13.3. The standard InChI is InChI=1S/C32H31ClN2O2/c33-29-13-8-26(9-14-29)31-17-12-27(32(36)35-21-23-5-4-18-34-20-23)19-28(31)22-37-30-15-10-25(11-16-30)24-6-2-1-3-7-24/h4-5,8-20,24H,1-3,6-7,21-22H2,(H,35,36). The molecule has 3 aromatic carbocycles. The van der Waals surface area contributed by atoms with E-state index < -0.39 is 0 Å². The highest BCUT2D eigenvalue weighted by atomic mass is 35.5. The number of amides is 1. The van der Waals surface area contributed by atoms with E-state index in [0.29, 0.717) is 29.7 Å². The highest BCUT2D eigenvalue weighted by Gasteiger charge is 2.16. The molecule has 1 aliphatic rings. The minimum atomic E-state index is -0.135. The summed E-state index contributed by atoms with van der Waals surface area (Å²) < 4.78 is 6.22. The maximum Gasteiger partial charge on any atom is 0.251 e. The van der Waals surface area contributed by atoms with Crippen LogP contribution < -0.4 is 10.1 Å². The van der Waals surface area contributed by atoms with Crippen molar-refractivity contribution >= 4 is 17.5 Å². The van der Waals surface area contributed by atoms with Gasteiger partial charge in [-0.2, -0.15) is 0 Å². The topological polar surface area (TPSA) is 51.2 Å². The van der Waals surface area contributed by atoms with E-state index >= 15 is 0 Å². The van der Waals surface area contributed by atoms with Gasteiger partial charge < -0.3 is 10.1 Å². The van der Waals surface area contributed by atoms with E-state index in [-0.39, 0.29) is 5.91 Å². The Labute approximate surface area is 223 Å². The third-order valence-corrected chi connectivity index (χ3v) is 7.30. The van der Waals surface area contributed by atoms with Crippen molar-refractivity contribution in [1.82, 2.24) is 10.3 Å². The highest BCUT2D eigenvalue weighted by molar-refractivity contribution is 6.30. The highest BCUT2D eigenvalue weighted by Crippen LogP contribution is 2.33. The fraction of sp³-hybridized carbons (Fsp3) is 0.250. The Kier molecular flexibility index (Phi) is 8.17. The number of nitrogens with zero attached hydrogens (tertiary/aromatic N) is 1. The molecule has 5 rings (SSSR count). The lowest BCUT2D eigenvalue weighted by atomic mass is 9.84. The number of aromatic nitrogens is 1. The van der Waals surface area contributed by atoms with Gasteiger partial charge in [0, 0.05) is 29.5 Å². The summed E-state index contributed by atoms with van der Waals surface area (Å²) in [6.45, 7) is 0.773. The molecule has 4 nitrogen and oxygen atoms in total. The number of carbonyl (C=O) groups is 1. The lowest BCUT2D eigenvalue weighted by Crippen LogP contribution is -2.23. The number of hydrogen-bond acceptors (Lipinski definition) is 3. The molecule has 1 heterocycles. The molecule has 0 bridgehead atoms. The van der Waals surface area contributed by atoms with Crippen LogP contribution in [0.3, 0.4) is 0 Å². The molecule has 0 aliphatic heterocycles. The van der Waals surface area contributed by atoms with Crippen molar-refractivity contribution in [3.8, 4) is 16.9 Å². The van der Waals surface area contributed by atoms with Gasteiger partial charge in [0.05, 0.1) is 0 Å². The first kappa shape index (κ1) is 25.0. The number of carbonyl (C=O) groups excluding carboxylic acids is 1. The predicted octanol–water partition coefficient (Wildman–Crippen LogP) is 7.96. The van der Waals surface area contributed by atoms with Gasteiger partial charge in [0.25, 0.3) is 5.91 Å². The minimum absolute atomic E-state index is 0.135. The zero-order valence-electron chi connectivity index (χ0n) is 20.8. The summed E-state index contributed by atoms with van der Waals surface area (Å²) in [6.07, 6.45) is 10.0. The van der Waals surface area contributed by atoms with Gasteiger partial charge in [0.2, 0.25) is 0 Å². The summed E-state index contributed by atoms with van der Waals surface area (Å²) in [7, 11) is 0. The molecule has 5 heteroatoms. The number of benzene rings is 3. The van der Waals surface area contributed by atoms with E-state index in [0.717, 1.165) is 28.0 Å². The van der Waals surface area contributed by atoms with E-state index in [9.17, 15) is 4.79 Å². The summed E-state index contributed by atoms with van der Waals surface area (Å²) in [5.74, 6) is 1.36. The van der Waals surface area contributed by atoms with E-state index in [1.165, 1.54) is 37.7 Å². The molecule has 1 aromatic heterocycles. The van der Waals surface area contributed by atoms with Crippen LogP contribution in [-0.2, 0) is 13.2 Å². The maximum absolute atomic E-state index is 12.9. The van der Waals surface area contributed by atoms with Crippen molar-refractivity contribution in [3.05, 3.63) is 119 Å². The van der Waals surface area contributed by atoms with Gasteiger partial charge in [-0.25, -0.2) is 0 Å². The van der Waals surface area contributed by atoms with E-state index in [2.05, 4.69) is 34.6 Å². The maximum atomic E-state index is 12.9. The lowest BCUT2D eigenvalue weighted by molar-refractivity contribution is 0.0950. The first-order valence-electron chi connectivity index (χ1n) is 12.9. The number of rotatable bonds is 8.